The van der Waals surface area contributed by atoms with E-state index in [2.05, 4.69) is 15.0 Å². The summed E-state index contributed by atoms with van der Waals surface area (Å²) in [5, 5.41) is 9.00. The lowest BCUT2D eigenvalue weighted by Gasteiger charge is -2.40. The van der Waals surface area contributed by atoms with Gasteiger partial charge in [0.1, 0.15) is 17.5 Å². The molecule has 2 aromatic heterocycles. The normalized spacial score (nSPS) is 15.9. The van der Waals surface area contributed by atoms with Crippen molar-refractivity contribution in [1.29, 1.82) is 5.26 Å². The molecule has 0 N–H and O–H groups in total. The molecule has 1 saturated heterocycles. The molecule has 1 fully saturated rings. The third kappa shape index (κ3) is 7.09. The Morgan fingerprint density at radius 1 is 1.19 bits per heavy atom. The Morgan fingerprint density at radius 3 is 2.43 bits per heavy atom. The fourth-order valence-electron chi connectivity index (χ4n) is 4.00. The van der Waals surface area contributed by atoms with E-state index in [1.807, 2.05) is 35.8 Å². The molecule has 0 unspecified atom stereocenters. The van der Waals surface area contributed by atoms with Gasteiger partial charge in [0.25, 0.3) is 0 Å². The quantitative estimate of drug-likeness (QED) is 0.403. The summed E-state index contributed by atoms with van der Waals surface area (Å²) >= 11 is 0. The molecule has 3 rings (SSSR count). The van der Waals surface area contributed by atoms with Crippen molar-refractivity contribution >= 4 is 11.6 Å². The number of alkyl halides is 3. The van der Waals surface area contributed by atoms with E-state index < -0.39 is 11.7 Å². The van der Waals surface area contributed by atoms with E-state index in [9.17, 15) is 13.2 Å². The van der Waals surface area contributed by atoms with Gasteiger partial charge in [-0.1, -0.05) is 18.6 Å². The molecule has 0 aliphatic carbocycles. The number of ether oxygens (including phenoxy) is 1. The number of nitrogens with zero attached hydrogens (tertiary/aromatic N) is 6. The third-order valence-electron chi connectivity index (χ3n) is 6.30. The first-order chi connectivity index (χ1) is 17.7. The molecule has 0 bridgehead atoms. The number of piperidine rings is 1. The van der Waals surface area contributed by atoms with E-state index in [0.717, 1.165) is 25.0 Å². The van der Waals surface area contributed by atoms with Crippen LogP contribution in [0.25, 0.3) is 0 Å². The molecule has 196 valence electrons. The van der Waals surface area contributed by atoms with Gasteiger partial charge in [0, 0.05) is 42.7 Å². The molecular weight excluding hydrogens is 481 g/mol. The van der Waals surface area contributed by atoms with Crippen LogP contribution in [-0.4, -0.2) is 47.4 Å². The van der Waals surface area contributed by atoms with Crippen molar-refractivity contribution in [2.75, 3.05) is 30.0 Å². The second-order valence-electron chi connectivity index (χ2n) is 8.80. The number of hydrogen-bond acceptors (Lipinski definition) is 7. The smallest absolute Gasteiger partial charge is 0.412 e. The molecule has 0 saturated carbocycles. The zero-order chi connectivity index (χ0) is 27.0. The van der Waals surface area contributed by atoms with Crippen molar-refractivity contribution < 1.29 is 17.9 Å². The largest absolute Gasteiger partial charge is 0.494 e. The van der Waals surface area contributed by atoms with Crippen molar-refractivity contribution in [2.45, 2.75) is 52.3 Å². The van der Waals surface area contributed by atoms with Gasteiger partial charge in [-0.05, 0) is 45.3 Å². The summed E-state index contributed by atoms with van der Waals surface area (Å²) in [6.45, 7) is 6.30. The van der Waals surface area contributed by atoms with Crippen LogP contribution in [0.3, 0.4) is 0 Å². The SMILES string of the molecule is CC/C(C)=C/C(=C\C=C(/C)C(F)(F)F)N(c1cnccc1OC)C1CCN(c2ncc(C#N)cn2)CC1. The first-order valence-corrected chi connectivity index (χ1v) is 12.0. The minimum atomic E-state index is -4.41. The maximum Gasteiger partial charge on any atom is 0.412 e. The number of allylic oxidation sites excluding steroid dienone is 5. The highest BCUT2D eigenvalue weighted by Crippen LogP contribution is 2.36. The van der Waals surface area contributed by atoms with Gasteiger partial charge in [0.15, 0.2) is 0 Å². The first-order valence-electron chi connectivity index (χ1n) is 12.0. The second-order valence-corrected chi connectivity index (χ2v) is 8.80. The number of nitriles is 1. The average molecular weight is 513 g/mol. The van der Waals surface area contributed by atoms with Crippen LogP contribution in [0.4, 0.5) is 24.8 Å². The summed E-state index contributed by atoms with van der Waals surface area (Å²) in [5.74, 6) is 1.13. The summed E-state index contributed by atoms with van der Waals surface area (Å²) in [6, 6.07) is 3.72. The van der Waals surface area contributed by atoms with Crippen molar-refractivity contribution in [3.05, 3.63) is 71.5 Å². The molecule has 1 aliphatic heterocycles. The third-order valence-corrected chi connectivity index (χ3v) is 6.30. The topological polar surface area (TPSA) is 78.2 Å². The number of methoxy groups -OCH3 is 1. The van der Waals surface area contributed by atoms with Gasteiger partial charge in [-0.25, -0.2) is 9.97 Å². The van der Waals surface area contributed by atoms with E-state index >= 15 is 0 Å². The lowest BCUT2D eigenvalue weighted by Crippen LogP contribution is -2.45. The van der Waals surface area contributed by atoms with Crippen LogP contribution >= 0.6 is 0 Å². The van der Waals surface area contributed by atoms with Crippen molar-refractivity contribution in [3.8, 4) is 11.8 Å². The summed E-state index contributed by atoms with van der Waals surface area (Å²) in [5.41, 5.74) is 2.05. The number of hydrogen-bond donors (Lipinski definition) is 0. The van der Waals surface area contributed by atoms with E-state index in [4.69, 9.17) is 10.00 Å². The van der Waals surface area contributed by atoms with E-state index in [-0.39, 0.29) is 6.04 Å². The minimum absolute atomic E-state index is 0.0421. The van der Waals surface area contributed by atoms with Crippen molar-refractivity contribution in [1.82, 2.24) is 15.0 Å². The van der Waals surface area contributed by atoms with Gasteiger partial charge in [-0.3, -0.25) is 4.98 Å². The molecule has 0 amide bonds. The molecule has 0 radical (unpaired) electrons. The molecule has 0 aromatic carbocycles. The van der Waals surface area contributed by atoms with Crippen LogP contribution in [-0.2, 0) is 0 Å². The highest BCUT2D eigenvalue weighted by atomic mass is 19.4. The van der Waals surface area contributed by atoms with E-state index in [1.165, 1.54) is 18.5 Å². The monoisotopic (exact) mass is 512 g/mol. The number of halogens is 3. The Kier molecular flexibility index (Phi) is 9.28. The summed E-state index contributed by atoms with van der Waals surface area (Å²) in [4.78, 5) is 17.0. The highest BCUT2D eigenvalue weighted by Gasteiger charge is 2.31. The standard InChI is InChI=1S/C27H31F3N6O/c1-5-19(2)14-23(7-6-20(3)27(28,29)30)36(24-18-32-11-8-25(24)37-4)22-9-12-35(13-10-22)26-33-16-21(15-31)17-34-26/h6-8,11,14,16-18,22H,5,9-10,12-13H2,1-4H3/b19-14+,20-6+,23-7+. The van der Waals surface area contributed by atoms with Crippen LogP contribution in [0.2, 0.25) is 0 Å². The molecule has 7 nitrogen and oxygen atoms in total. The van der Waals surface area contributed by atoms with Gasteiger partial charge in [-0.2, -0.15) is 18.4 Å². The van der Waals surface area contributed by atoms with Gasteiger partial charge >= 0.3 is 6.18 Å². The lowest BCUT2D eigenvalue weighted by molar-refractivity contribution is -0.0913. The number of aromatic nitrogens is 3. The molecular formula is C27H31F3N6O. The Bertz CT molecular complexity index is 1190. The fraction of sp³-hybridized carbons (Fsp3) is 0.407. The average Bonchev–Trinajstić information content (AvgIpc) is 2.91. The number of rotatable bonds is 8. The Morgan fingerprint density at radius 2 is 1.86 bits per heavy atom. The molecule has 0 atom stereocenters. The van der Waals surface area contributed by atoms with Crippen LogP contribution in [0.5, 0.6) is 5.75 Å². The maximum atomic E-state index is 13.3. The van der Waals surface area contributed by atoms with Gasteiger partial charge in [0.2, 0.25) is 5.95 Å². The zero-order valence-corrected chi connectivity index (χ0v) is 21.5. The van der Waals surface area contributed by atoms with Crippen LogP contribution in [0, 0.1) is 11.3 Å². The first kappa shape index (κ1) is 27.7. The highest BCUT2D eigenvalue weighted by molar-refractivity contribution is 5.64. The minimum Gasteiger partial charge on any atom is -0.494 e. The van der Waals surface area contributed by atoms with Crippen LogP contribution in [0.1, 0.15) is 45.6 Å². The second kappa shape index (κ2) is 12.4. The van der Waals surface area contributed by atoms with Gasteiger partial charge in [0.05, 0.1) is 31.3 Å². The summed E-state index contributed by atoms with van der Waals surface area (Å²) in [7, 11) is 1.56. The lowest BCUT2D eigenvalue weighted by atomic mass is 10.0. The van der Waals surface area contributed by atoms with Crippen LogP contribution < -0.4 is 14.5 Å². The fourth-order valence-corrected chi connectivity index (χ4v) is 4.00. The Balaban J connectivity index is 2.01. The molecule has 3 heterocycles. The molecule has 10 heteroatoms. The molecule has 37 heavy (non-hydrogen) atoms. The summed E-state index contributed by atoms with van der Waals surface area (Å²) in [6.07, 6.45) is 8.58. The Labute approximate surface area is 215 Å². The zero-order valence-electron chi connectivity index (χ0n) is 21.5. The van der Waals surface area contributed by atoms with Gasteiger partial charge in [-0.15, -0.1) is 0 Å². The predicted octanol–water partition coefficient (Wildman–Crippen LogP) is 5.98. The Hall–Kier alpha value is -3.87. The predicted molar refractivity (Wildman–Crippen MR) is 137 cm³/mol. The maximum absolute atomic E-state index is 13.3. The molecule has 1 aliphatic rings. The van der Waals surface area contributed by atoms with E-state index in [1.54, 1.807) is 25.6 Å². The van der Waals surface area contributed by atoms with Crippen LogP contribution in [0.15, 0.2) is 65.9 Å². The van der Waals surface area contributed by atoms with Crippen molar-refractivity contribution in [3.63, 3.8) is 0 Å². The van der Waals surface area contributed by atoms with Gasteiger partial charge < -0.3 is 14.5 Å². The molecule has 0 spiro atoms. The number of pyridine rings is 1. The molecule has 2 aromatic rings. The van der Waals surface area contributed by atoms with E-state index in [0.29, 0.717) is 54.6 Å². The van der Waals surface area contributed by atoms with Crippen molar-refractivity contribution in [2.24, 2.45) is 0 Å². The number of anilines is 2. The summed E-state index contributed by atoms with van der Waals surface area (Å²) < 4.78 is 45.5.